The third-order valence-electron chi connectivity index (χ3n) is 5.40. The molecule has 168 valence electrons. The van der Waals surface area contributed by atoms with Crippen LogP contribution in [0.5, 0.6) is 0 Å². The smallest absolute Gasteiger partial charge is 0.356 e. The summed E-state index contributed by atoms with van der Waals surface area (Å²) in [6, 6.07) is 5.69. The first-order valence-electron chi connectivity index (χ1n) is 10.5. The molecule has 1 saturated heterocycles. The summed E-state index contributed by atoms with van der Waals surface area (Å²) in [5.74, 6) is -0.442. The van der Waals surface area contributed by atoms with Crippen LogP contribution in [-0.4, -0.2) is 44.7 Å². The highest BCUT2D eigenvalue weighted by molar-refractivity contribution is 7.15. The van der Waals surface area contributed by atoms with Crippen molar-refractivity contribution in [3.05, 3.63) is 52.6 Å². The Labute approximate surface area is 190 Å². The van der Waals surface area contributed by atoms with Crippen molar-refractivity contribution in [2.24, 2.45) is 7.05 Å². The van der Waals surface area contributed by atoms with Crippen LogP contribution in [0.25, 0.3) is 0 Å². The number of hydrogen-bond donors (Lipinski definition) is 3. The van der Waals surface area contributed by atoms with Crippen molar-refractivity contribution >= 4 is 39.8 Å². The summed E-state index contributed by atoms with van der Waals surface area (Å²) < 4.78 is 1.68. The number of nitrogens with one attached hydrogen (secondary N) is 2. The number of aryl methyl sites for hydroxylation is 2. The lowest BCUT2D eigenvalue weighted by Crippen LogP contribution is -2.31. The van der Waals surface area contributed by atoms with Crippen molar-refractivity contribution in [1.82, 2.24) is 14.5 Å². The molecule has 3 aromatic rings. The van der Waals surface area contributed by atoms with Crippen LogP contribution in [0, 0.1) is 6.92 Å². The van der Waals surface area contributed by atoms with E-state index in [1.54, 1.807) is 17.8 Å². The first kappa shape index (κ1) is 21.8. The van der Waals surface area contributed by atoms with E-state index in [2.05, 4.69) is 38.5 Å². The molecule has 2 amide bonds. The van der Waals surface area contributed by atoms with Gasteiger partial charge in [0, 0.05) is 43.8 Å². The highest BCUT2D eigenvalue weighted by Gasteiger charge is 2.17. The van der Waals surface area contributed by atoms with Crippen LogP contribution >= 0.6 is 11.3 Å². The van der Waals surface area contributed by atoms with Gasteiger partial charge in [-0.2, -0.15) is 0 Å². The normalized spacial score (nSPS) is 13.8. The first-order valence-corrected chi connectivity index (χ1v) is 11.3. The Kier molecular flexibility index (Phi) is 6.40. The lowest BCUT2D eigenvalue weighted by molar-refractivity contribution is 0.0690. The Morgan fingerprint density at radius 2 is 1.97 bits per heavy atom. The number of benzene rings is 1. The molecule has 0 saturated carbocycles. The van der Waals surface area contributed by atoms with Crippen molar-refractivity contribution in [3.8, 4) is 0 Å². The Balaban J connectivity index is 1.41. The van der Waals surface area contributed by atoms with Crippen LogP contribution in [0.1, 0.15) is 46.0 Å². The largest absolute Gasteiger partial charge is 0.476 e. The second-order valence-electron chi connectivity index (χ2n) is 7.91. The summed E-state index contributed by atoms with van der Waals surface area (Å²) in [7, 11) is 1.75. The van der Waals surface area contributed by atoms with Gasteiger partial charge in [-0.05, 0) is 43.9 Å². The quantitative estimate of drug-likeness (QED) is 0.517. The van der Waals surface area contributed by atoms with Gasteiger partial charge in [0.2, 0.25) is 0 Å². The van der Waals surface area contributed by atoms with Crippen LogP contribution < -0.4 is 15.5 Å². The summed E-state index contributed by atoms with van der Waals surface area (Å²) in [5, 5.41) is 15.3. The number of piperidine rings is 1. The van der Waals surface area contributed by atoms with Gasteiger partial charge >= 0.3 is 12.0 Å². The molecule has 0 spiro atoms. The Bertz CT molecular complexity index is 1130. The molecule has 1 aromatic carbocycles. The van der Waals surface area contributed by atoms with Crippen LogP contribution in [0.3, 0.4) is 0 Å². The molecule has 9 nitrogen and oxygen atoms in total. The predicted molar refractivity (Wildman–Crippen MR) is 125 cm³/mol. The van der Waals surface area contributed by atoms with Crippen molar-refractivity contribution in [2.45, 2.75) is 32.6 Å². The predicted octanol–water partition coefficient (Wildman–Crippen LogP) is 4.11. The second-order valence-corrected chi connectivity index (χ2v) is 9.03. The van der Waals surface area contributed by atoms with Crippen molar-refractivity contribution in [2.75, 3.05) is 28.6 Å². The number of carbonyl (C=O) groups is 2. The molecule has 3 heterocycles. The number of urea groups is 1. The Morgan fingerprint density at radius 3 is 2.69 bits per heavy atom. The summed E-state index contributed by atoms with van der Waals surface area (Å²) in [4.78, 5) is 35.3. The van der Waals surface area contributed by atoms with E-state index < -0.39 is 5.97 Å². The van der Waals surface area contributed by atoms with Gasteiger partial charge in [0.05, 0.1) is 11.4 Å². The third kappa shape index (κ3) is 5.08. The van der Waals surface area contributed by atoms with Gasteiger partial charge in [-0.1, -0.05) is 6.07 Å². The average Bonchev–Trinajstić information content (AvgIpc) is 3.36. The van der Waals surface area contributed by atoms with E-state index in [0.717, 1.165) is 47.7 Å². The number of carboxylic acid groups (broad SMARTS) is 1. The summed E-state index contributed by atoms with van der Waals surface area (Å²) in [5.41, 5.74) is 2.98. The molecule has 0 unspecified atom stereocenters. The first-order chi connectivity index (χ1) is 15.4. The number of aromatic carboxylic acids is 1. The Hall–Kier alpha value is -3.40. The minimum atomic E-state index is -1.06. The van der Waals surface area contributed by atoms with Gasteiger partial charge < -0.3 is 19.9 Å². The molecule has 0 radical (unpaired) electrons. The fraction of sp³-hybridized carbons (Fsp3) is 0.364. The van der Waals surface area contributed by atoms with E-state index in [1.807, 2.05) is 12.1 Å². The zero-order valence-corrected chi connectivity index (χ0v) is 18.9. The third-order valence-corrected chi connectivity index (χ3v) is 6.31. The van der Waals surface area contributed by atoms with Gasteiger partial charge in [0.25, 0.3) is 0 Å². The lowest BCUT2D eigenvalue weighted by Gasteiger charge is -2.30. The van der Waals surface area contributed by atoms with Gasteiger partial charge in [-0.3, -0.25) is 5.32 Å². The molecule has 0 aliphatic carbocycles. The van der Waals surface area contributed by atoms with Crippen LogP contribution in [0.2, 0.25) is 0 Å². The van der Waals surface area contributed by atoms with Crippen molar-refractivity contribution in [3.63, 3.8) is 0 Å². The zero-order chi connectivity index (χ0) is 22.7. The number of amides is 2. The fourth-order valence-corrected chi connectivity index (χ4v) is 4.57. The molecule has 0 bridgehead atoms. The summed E-state index contributed by atoms with van der Waals surface area (Å²) >= 11 is 1.33. The highest BCUT2D eigenvalue weighted by Crippen LogP contribution is 2.30. The molecule has 4 rings (SSSR count). The zero-order valence-electron chi connectivity index (χ0n) is 18.1. The number of carbonyl (C=O) groups excluding carboxylic acids is 1. The molecule has 32 heavy (non-hydrogen) atoms. The highest BCUT2D eigenvalue weighted by atomic mass is 32.1. The van der Waals surface area contributed by atoms with Crippen molar-refractivity contribution in [1.29, 1.82) is 0 Å². The van der Waals surface area contributed by atoms with Crippen LogP contribution in [0.4, 0.5) is 21.3 Å². The molecule has 0 atom stereocenters. The average molecular weight is 455 g/mol. The number of nitrogens with zero attached hydrogens (tertiary/aromatic N) is 4. The van der Waals surface area contributed by atoms with E-state index >= 15 is 0 Å². The minimum absolute atomic E-state index is 0.00680. The number of hydrogen-bond acceptors (Lipinski definition) is 6. The second kappa shape index (κ2) is 9.39. The number of aromatic nitrogens is 3. The molecule has 2 aromatic heterocycles. The van der Waals surface area contributed by atoms with Gasteiger partial charge in [-0.25, -0.2) is 19.6 Å². The molecule has 1 aliphatic rings. The van der Waals surface area contributed by atoms with Gasteiger partial charge in [-0.15, -0.1) is 11.3 Å². The van der Waals surface area contributed by atoms with Crippen LogP contribution in [0.15, 0.2) is 30.6 Å². The number of rotatable bonds is 6. The monoisotopic (exact) mass is 454 g/mol. The van der Waals surface area contributed by atoms with E-state index in [9.17, 15) is 9.59 Å². The van der Waals surface area contributed by atoms with E-state index in [1.165, 1.54) is 24.0 Å². The maximum Gasteiger partial charge on any atom is 0.356 e. The number of anilines is 3. The van der Waals surface area contributed by atoms with E-state index in [-0.39, 0.29) is 11.7 Å². The SMILES string of the molecule is Cc1ccc(NC(=O)Nc2ncc(Cc3nc(C(=O)O)cn3C)s2)c(N2CCCCC2)c1. The number of thiazole rings is 1. The fourth-order valence-electron chi connectivity index (χ4n) is 3.77. The molecular formula is C22H26N6O3S. The topological polar surface area (TPSA) is 112 Å². The maximum atomic E-state index is 12.6. The van der Waals surface area contributed by atoms with E-state index in [0.29, 0.717) is 17.4 Å². The number of carboxylic acids is 1. The molecule has 1 aliphatic heterocycles. The molecule has 10 heteroatoms. The minimum Gasteiger partial charge on any atom is -0.476 e. The van der Waals surface area contributed by atoms with Gasteiger partial charge in [0.15, 0.2) is 10.8 Å². The van der Waals surface area contributed by atoms with E-state index in [4.69, 9.17) is 5.11 Å². The Morgan fingerprint density at radius 1 is 1.19 bits per heavy atom. The number of imidazole rings is 1. The van der Waals surface area contributed by atoms with Crippen LogP contribution in [-0.2, 0) is 13.5 Å². The molecule has 3 N–H and O–H groups in total. The molecular weight excluding hydrogens is 428 g/mol. The summed E-state index contributed by atoms with van der Waals surface area (Å²) in [6.07, 6.45) is 7.14. The molecule has 1 fully saturated rings. The standard InChI is InChI=1S/C22H26N6O3S/c1-14-6-7-16(18(10-14)28-8-4-3-5-9-28)25-21(31)26-22-23-12-15(32-22)11-19-24-17(20(29)30)13-27(19)2/h6-7,10,12-13H,3-5,8-9,11H2,1-2H3,(H,29,30)(H2,23,25,26,31). The maximum absolute atomic E-state index is 12.6. The van der Waals surface area contributed by atoms with Gasteiger partial charge in [0.1, 0.15) is 5.82 Å². The lowest BCUT2D eigenvalue weighted by atomic mass is 10.1. The summed E-state index contributed by atoms with van der Waals surface area (Å²) in [6.45, 7) is 4.04. The van der Waals surface area contributed by atoms with Crippen molar-refractivity contribution < 1.29 is 14.7 Å².